The molecule has 1 aliphatic heterocycles. The maximum atomic E-state index is 11.7. The molecular weight excluding hydrogens is 220 g/mol. The number of carbonyl (C=O) groups excluding carboxylic acids is 1. The molecule has 1 aromatic heterocycles. The lowest BCUT2D eigenvalue weighted by atomic mass is 10.2. The van der Waals surface area contributed by atoms with Crippen LogP contribution in [-0.4, -0.2) is 22.6 Å². The minimum absolute atomic E-state index is 0.00733. The zero-order chi connectivity index (χ0) is 11.8. The molecule has 1 saturated carbocycles. The summed E-state index contributed by atoms with van der Waals surface area (Å²) < 4.78 is 5.43. The third kappa shape index (κ3) is 2.17. The molecule has 0 aromatic carbocycles. The van der Waals surface area contributed by atoms with Crippen LogP contribution in [0, 0.1) is 11.8 Å². The highest BCUT2D eigenvalue weighted by Gasteiger charge is 2.39. The zero-order valence-electron chi connectivity index (χ0n) is 9.77. The van der Waals surface area contributed by atoms with Gasteiger partial charge in [0.25, 0.3) is 0 Å². The van der Waals surface area contributed by atoms with Gasteiger partial charge in [0.2, 0.25) is 11.8 Å². The predicted molar refractivity (Wildman–Crippen MR) is 60.2 cm³/mol. The van der Waals surface area contributed by atoms with Gasteiger partial charge in [-0.25, -0.2) is 0 Å². The van der Waals surface area contributed by atoms with Gasteiger partial charge < -0.3 is 9.73 Å². The number of nitrogens with one attached hydrogen (secondary N) is 2. The van der Waals surface area contributed by atoms with Crippen LogP contribution in [0.15, 0.2) is 4.42 Å². The van der Waals surface area contributed by atoms with Crippen LogP contribution in [0.1, 0.15) is 38.1 Å². The molecule has 3 rings (SSSR count). The second kappa shape index (κ2) is 4.10. The molecule has 3 atom stereocenters. The molecule has 0 bridgehead atoms. The van der Waals surface area contributed by atoms with E-state index in [0.29, 0.717) is 11.8 Å². The quantitative estimate of drug-likeness (QED) is 0.821. The van der Waals surface area contributed by atoms with Crippen molar-refractivity contribution >= 4 is 11.9 Å². The van der Waals surface area contributed by atoms with Gasteiger partial charge in [-0.05, 0) is 31.7 Å². The molecule has 1 aromatic rings. The molecule has 17 heavy (non-hydrogen) atoms. The lowest BCUT2D eigenvalue weighted by Gasteiger charge is -2.02. The molecule has 92 valence electrons. The van der Waals surface area contributed by atoms with Crippen LogP contribution in [0.4, 0.5) is 6.01 Å². The Morgan fingerprint density at radius 3 is 3.00 bits per heavy atom. The van der Waals surface area contributed by atoms with Gasteiger partial charge in [-0.2, -0.15) is 0 Å². The average molecular weight is 236 g/mol. The van der Waals surface area contributed by atoms with Crippen molar-refractivity contribution in [3.8, 4) is 0 Å². The van der Waals surface area contributed by atoms with Gasteiger partial charge in [-0.1, -0.05) is 12.0 Å². The number of hydrogen-bond donors (Lipinski definition) is 2. The molecular formula is C11H16N4O2. The fourth-order valence-electron chi connectivity index (χ4n) is 2.21. The standard InChI is InChI=1S/C11H16N4O2/c1-6-5-7(6)9(16)13-11-15-14-10(17-11)8-3-2-4-12-8/h6-8,12H,2-5H2,1H3,(H,13,15,16). The van der Waals surface area contributed by atoms with Crippen LogP contribution in [0.25, 0.3) is 0 Å². The smallest absolute Gasteiger partial charge is 0.322 e. The number of anilines is 1. The fourth-order valence-corrected chi connectivity index (χ4v) is 2.21. The molecule has 2 fully saturated rings. The summed E-state index contributed by atoms with van der Waals surface area (Å²) in [6.07, 6.45) is 3.08. The Kier molecular flexibility index (Phi) is 2.58. The van der Waals surface area contributed by atoms with Gasteiger partial charge in [0.1, 0.15) is 0 Å². The second-order valence-electron chi connectivity index (χ2n) is 4.90. The van der Waals surface area contributed by atoms with Crippen molar-refractivity contribution in [2.45, 2.75) is 32.2 Å². The summed E-state index contributed by atoms with van der Waals surface area (Å²) in [4.78, 5) is 11.7. The molecule has 2 aliphatic rings. The Balaban J connectivity index is 1.62. The highest BCUT2D eigenvalue weighted by atomic mass is 16.4. The summed E-state index contributed by atoms with van der Waals surface area (Å²) in [7, 11) is 0. The summed E-state index contributed by atoms with van der Waals surface area (Å²) in [5.74, 6) is 1.16. The molecule has 3 unspecified atom stereocenters. The van der Waals surface area contributed by atoms with Gasteiger partial charge in [-0.15, -0.1) is 5.10 Å². The number of aromatic nitrogens is 2. The maximum Gasteiger partial charge on any atom is 0.322 e. The molecule has 2 N–H and O–H groups in total. The highest BCUT2D eigenvalue weighted by molar-refractivity contribution is 5.92. The Morgan fingerprint density at radius 1 is 1.53 bits per heavy atom. The first-order valence-electron chi connectivity index (χ1n) is 6.11. The molecule has 0 spiro atoms. The van der Waals surface area contributed by atoms with E-state index in [1.807, 2.05) is 0 Å². The van der Waals surface area contributed by atoms with Gasteiger partial charge in [0, 0.05) is 5.92 Å². The van der Waals surface area contributed by atoms with Crippen molar-refractivity contribution in [1.82, 2.24) is 15.5 Å². The van der Waals surface area contributed by atoms with E-state index < -0.39 is 0 Å². The summed E-state index contributed by atoms with van der Waals surface area (Å²) >= 11 is 0. The number of rotatable bonds is 3. The molecule has 1 saturated heterocycles. The van der Waals surface area contributed by atoms with E-state index in [0.717, 1.165) is 25.8 Å². The lowest BCUT2D eigenvalue weighted by molar-refractivity contribution is -0.117. The first kappa shape index (κ1) is 10.7. The van der Waals surface area contributed by atoms with E-state index in [1.165, 1.54) is 0 Å². The highest BCUT2D eigenvalue weighted by Crippen LogP contribution is 2.38. The SMILES string of the molecule is CC1CC1C(=O)Nc1nnc(C2CCCN2)o1. The first-order valence-corrected chi connectivity index (χ1v) is 6.11. The van der Waals surface area contributed by atoms with Crippen LogP contribution in [0.3, 0.4) is 0 Å². The van der Waals surface area contributed by atoms with Crippen LogP contribution in [0.5, 0.6) is 0 Å². The third-order valence-corrected chi connectivity index (χ3v) is 3.48. The van der Waals surface area contributed by atoms with Crippen LogP contribution in [-0.2, 0) is 4.79 Å². The Bertz CT molecular complexity index is 425. The lowest BCUT2D eigenvalue weighted by Crippen LogP contribution is -2.14. The first-order chi connectivity index (χ1) is 8.24. The number of nitrogens with zero attached hydrogens (tertiary/aromatic N) is 2. The minimum atomic E-state index is -0.00733. The maximum absolute atomic E-state index is 11.7. The van der Waals surface area contributed by atoms with Gasteiger partial charge in [-0.3, -0.25) is 10.1 Å². The van der Waals surface area contributed by atoms with Gasteiger partial charge >= 0.3 is 6.01 Å². The molecule has 1 aliphatic carbocycles. The number of carbonyl (C=O) groups is 1. The number of hydrogen-bond acceptors (Lipinski definition) is 5. The van der Waals surface area contributed by atoms with Crippen molar-refractivity contribution in [1.29, 1.82) is 0 Å². The fraction of sp³-hybridized carbons (Fsp3) is 0.727. The second-order valence-corrected chi connectivity index (χ2v) is 4.90. The molecule has 6 nitrogen and oxygen atoms in total. The van der Waals surface area contributed by atoms with E-state index in [-0.39, 0.29) is 23.9 Å². The normalized spacial score (nSPS) is 31.5. The third-order valence-electron chi connectivity index (χ3n) is 3.48. The summed E-state index contributed by atoms with van der Waals surface area (Å²) in [6, 6.07) is 0.366. The minimum Gasteiger partial charge on any atom is -0.406 e. The Hall–Kier alpha value is -1.43. The van der Waals surface area contributed by atoms with Crippen molar-refractivity contribution in [2.75, 3.05) is 11.9 Å². The monoisotopic (exact) mass is 236 g/mol. The average Bonchev–Trinajstić information content (AvgIpc) is 2.76. The Labute approximate surface area is 99.2 Å². The summed E-state index contributed by atoms with van der Waals surface area (Å²) in [5.41, 5.74) is 0. The largest absolute Gasteiger partial charge is 0.406 e. The van der Waals surface area contributed by atoms with Gasteiger partial charge in [0.15, 0.2) is 0 Å². The van der Waals surface area contributed by atoms with Crippen molar-refractivity contribution in [2.24, 2.45) is 11.8 Å². The van der Waals surface area contributed by atoms with Gasteiger partial charge in [0.05, 0.1) is 6.04 Å². The predicted octanol–water partition coefficient (Wildman–Crippen LogP) is 1.09. The van der Waals surface area contributed by atoms with E-state index >= 15 is 0 Å². The van der Waals surface area contributed by atoms with E-state index in [1.54, 1.807) is 0 Å². The van der Waals surface area contributed by atoms with Crippen LogP contribution >= 0.6 is 0 Å². The Morgan fingerprint density at radius 2 is 2.35 bits per heavy atom. The molecule has 6 heteroatoms. The molecule has 1 amide bonds. The topological polar surface area (TPSA) is 80.0 Å². The van der Waals surface area contributed by atoms with E-state index in [2.05, 4.69) is 27.8 Å². The van der Waals surface area contributed by atoms with Crippen molar-refractivity contribution < 1.29 is 9.21 Å². The molecule has 2 heterocycles. The summed E-state index contributed by atoms with van der Waals surface area (Å²) in [5, 5.41) is 13.7. The zero-order valence-corrected chi connectivity index (χ0v) is 9.77. The summed E-state index contributed by atoms with van der Waals surface area (Å²) in [6.45, 7) is 3.04. The van der Waals surface area contributed by atoms with E-state index in [9.17, 15) is 4.79 Å². The van der Waals surface area contributed by atoms with Crippen molar-refractivity contribution in [3.63, 3.8) is 0 Å². The van der Waals surface area contributed by atoms with E-state index in [4.69, 9.17) is 4.42 Å². The van der Waals surface area contributed by atoms with Crippen LogP contribution < -0.4 is 10.6 Å². The number of amides is 1. The van der Waals surface area contributed by atoms with Crippen LogP contribution in [0.2, 0.25) is 0 Å². The molecule has 0 radical (unpaired) electrons. The van der Waals surface area contributed by atoms with Crippen molar-refractivity contribution in [3.05, 3.63) is 5.89 Å².